The van der Waals surface area contributed by atoms with Gasteiger partial charge in [0.05, 0.1) is 30.5 Å². The molecule has 0 radical (unpaired) electrons. The largest absolute Gasteiger partial charge is 0.442 e. The highest BCUT2D eigenvalue weighted by Crippen LogP contribution is 2.31. The summed E-state index contributed by atoms with van der Waals surface area (Å²) in [6.45, 7) is 3.77. The molecule has 2 amide bonds. The van der Waals surface area contributed by atoms with E-state index in [9.17, 15) is 14.0 Å². The Morgan fingerprint density at radius 3 is 2.93 bits per heavy atom. The fourth-order valence-corrected chi connectivity index (χ4v) is 3.50. The van der Waals surface area contributed by atoms with Crippen LogP contribution in [0.15, 0.2) is 29.8 Å². The Morgan fingerprint density at radius 2 is 2.26 bits per heavy atom. The molecule has 0 aliphatic carbocycles. The van der Waals surface area contributed by atoms with Gasteiger partial charge in [0, 0.05) is 19.2 Å². The number of nitrogens with one attached hydrogen (secondary N) is 1. The number of halogens is 1. The van der Waals surface area contributed by atoms with Crippen molar-refractivity contribution in [2.24, 2.45) is 5.92 Å². The molecule has 2 saturated heterocycles. The number of rotatable bonds is 5. The highest BCUT2D eigenvalue weighted by molar-refractivity contribution is 5.90. The molecule has 2 heterocycles. The normalized spacial score (nSPS) is 23.9. The summed E-state index contributed by atoms with van der Waals surface area (Å²) in [6.07, 6.45) is 1.83. The second-order valence-electron chi connectivity index (χ2n) is 6.72. The zero-order valence-corrected chi connectivity index (χ0v) is 15.0. The molecule has 0 saturated carbocycles. The van der Waals surface area contributed by atoms with Gasteiger partial charge in [0.1, 0.15) is 11.9 Å². The van der Waals surface area contributed by atoms with E-state index in [1.54, 1.807) is 18.2 Å². The number of anilines is 2. The molecular formula is C19H21FN4O3. The van der Waals surface area contributed by atoms with Gasteiger partial charge in [-0.25, -0.2) is 9.18 Å². The molecule has 2 fully saturated rings. The molecule has 0 bridgehead atoms. The van der Waals surface area contributed by atoms with Crippen LogP contribution in [-0.4, -0.2) is 44.8 Å². The van der Waals surface area contributed by atoms with E-state index in [1.165, 1.54) is 11.0 Å². The smallest absolute Gasteiger partial charge is 0.414 e. The molecule has 142 valence electrons. The predicted molar refractivity (Wildman–Crippen MR) is 97.8 cm³/mol. The summed E-state index contributed by atoms with van der Waals surface area (Å²) in [6, 6.07) is 6.76. The third kappa shape index (κ3) is 4.03. The zero-order chi connectivity index (χ0) is 19.4. The van der Waals surface area contributed by atoms with E-state index in [2.05, 4.69) is 11.4 Å². The number of amides is 2. The van der Waals surface area contributed by atoms with Gasteiger partial charge in [0.2, 0.25) is 6.41 Å². The van der Waals surface area contributed by atoms with Crippen LogP contribution >= 0.6 is 0 Å². The molecule has 2 aliphatic heterocycles. The number of hydrogen-bond donors (Lipinski definition) is 1. The van der Waals surface area contributed by atoms with E-state index >= 15 is 0 Å². The van der Waals surface area contributed by atoms with E-state index in [1.807, 2.05) is 11.8 Å². The van der Waals surface area contributed by atoms with Gasteiger partial charge in [0.15, 0.2) is 0 Å². The molecule has 0 aromatic heterocycles. The second-order valence-corrected chi connectivity index (χ2v) is 6.72. The lowest BCUT2D eigenvalue weighted by Crippen LogP contribution is -2.36. The SMILES string of the molecule is CC1CN(c2ccc(N3CC(CNC=O)OC3=O)cc2F)CCC1=CC#N. The number of carbonyl (C=O) groups is 2. The monoisotopic (exact) mass is 372 g/mol. The standard InChI is InChI=1S/C19H21FN4O3/c1-13-10-23(7-5-14(13)4-6-21)18-3-2-15(8-17(18)20)24-11-16(9-22-12-25)27-19(24)26/h2-4,8,12-13,16H,5,7,9-11H2,1H3,(H,22,25). The van der Waals surface area contributed by atoms with Crippen LogP contribution in [0.1, 0.15) is 13.3 Å². The summed E-state index contributed by atoms with van der Waals surface area (Å²) in [4.78, 5) is 25.7. The topological polar surface area (TPSA) is 85.7 Å². The molecule has 8 heteroatoms. The first kappa shape index (κ1) is 18.7. The number of cyclic esters (lactones) is 1. The number of hydrogen-bond acceptors (Lipinski definition) is 5. The first-order valence-electron chi connectivity index (χ1n) is 8.81. The maximum atomic E-state index is 14.7. The van der Waals surface area contributed by atoms with E-state index in [-0.39, 0.29) is 19.0 Å². The molecule has 3 rings (SSSR count). The van der Waals surface area contributed by atoms with E-state index < -0.39 is 18.0 Å². The number of allylic oxidation sites excluding steroid dienone is 1. The van der Waals surface area contributed by atoms with Crippen LogP contribution in [0.3, 0.4) is 0 Å². The maximum absolute atomic E-state index is 14.7. The molecule has 1 N–H and O–H groups in total. The molecular weight excluding hydrogens is 351 g/mol. The average molecular weight is 372 g/mol. The third-order valence-electron chi connectivity index (χ3n) is 4.93. The Kier molecular flexibility index (Phi) is 5.60. The van der Waals surface area contributed by atoms with Crippen LogP contribution in [0, 0.1) is 23.1 Å². The second kappa shape index (κ2) is 8.08. The first-order chi connectivity index (χ1) is 13.0. The van der Waals surface area contributed by atoms with Crippen molar-refractivity contribution < 1.29 is 18.7 Å². The van der Waals surface area contributed by atoms with Gasteiger partial charge in [0.25, 0.3) is 0 Å². The van der Waals surface area contributed by atoms with Gasteiger partial charge in [-0.15, -0.1) is 0 Å². The number of carbonyl (C=O) groups excluding carboxylic acids is 2. The fraction of sp³-hybridized carbons (Fsp3) is 0.421. The van der Waals surface area contributed by atoms with Gasteiger partial charge < -0.3 is 15.0 Å². The van der Waals surface area contributed by atoms with Crippen molar-refractivity contribution in [2.75, 3.05) is 36.0 Å². The van der Waals surface area contributed by atoms with Gasteiger partial charge in [-0.05, 0) is 30.5 Å². The van der Waals surface area contributed by atoms with Crippen LogP contribution in [0.2, 0.25) is 0 Å². The summed E-state index contributed by atoms with van der Waals surface area (Å²) in [5.74, 6) is -0.230. The van der Waals surface area contributed by atoms with Crippen LogP contribution in [-0.2, 0) is 9.53 Å². The van der Waals surface area contributed by atoms with Gasteiger partial charge >= 0.3 is 6.09 Å². The molecule has 1 aromatic carbocycles. The molecule has 2 aliphatic rings. The van der Waals surface area contributed by atoms with Crippen LogP contribution in [0.4, 0.5) is 20.6 Å². The summed E-state index contributed by atoms with van der Waals surface area (Å²) < 4.78 is 19.9. The molecule has 0 spiro atoms. The number of nitrogens with zero attached hydrogens (tertiary/aromatic N) is 3. The first-order valence-corrected chi connectivity index (χ1v) is 8.81. The number of nitriles is 1. The fourth-order valence-electron chi connectivity index (χ4n) is 3.50. The number of piperidine rings is 1. The summed E-state index contributed by atoms with van der Waals surface area (Å²) >= 11 is 0. The highest BCUT2D eigenvalue weighted by Gasteiger charge is 2.33. The Morgan fingerprint density at radius 1 is 1.44 bits per heavy atom. The van der Waals surface area contributed by atoms with Crippen molar-refractivity contribution in [1.82, 2.24) is 5.32 Å². The predicted octanol–water partition coefficient (Wildman–Crippen LogP) is 2.19. The van der Waals surface area contributed by atoms with Crippen LogP contribution in [0.5, 0.6) is 0 Å². The van der Waals surface area contributed by atoms with Gasteiger partial charge in [-0.2, -0.15) is 5.26 Å². The number of benzene rings is 1. The molecule has 1 aromatic rings. The summed E-state index contributed by atoms with van der Waals surface area (Å²) in [7, 11) is 0. The minimum absolute atomic E-state index is 0.178. The summed E-state index contributed by atoms with van der Waals surface area (Å²) in [5, 5.41) is 11.3. The lowest BCUT2D eigenvalue weighted by atomic mass is 9.92. The van der Waals surface area contributed by atoms with Crippen molar-refractivity contribution >= 4 is 23.9 Å². The van der Waals surface area contributed by atoms with Gasteiger partial charge in [-0.1, -0.05) is 12.5 Å². The van der Waals surface area contributed by atoms with E-state index in [4.69, 9.17) is 10.00 Å². The Labute approximate surface area is 157 Å². The molecule has 2 atom stereocenters. The zero-order valence-electron chi connectivity index (χ0n) is 15.0. The van der Waals surface area contributed by atoms with Gasteiger partial charge in [-0.3, -0.25) is 9.69 Å². The van der Waals surface area contributed by atoms with E-state index in [0.29, 0.717) is 30.9 Å². The van der Waals surface area contributed by atoms with E-state index in [0.717, 1.165) is 12.0 Å². The quantitative estimate of drug-likeness (QED) is 0.633. The Hall–Kier alpha value is -3.08. The van der Waals surface area contributed by atoms with Crippen LogP contribution < -0.4 is 15.1 Å². The lowest BCUT2D eigenvalue weighted by molar-refractivity contribution is -0.109. The molecule has 2 unspecified atom stereocenters. The third-order valence-corrected chi connectivity index (χ3v) is 4.93. The van der Waals surface area contributed by atoms with Crippen molar-refractivity contribution in [3.8, 4) is 6.07 Å². The Balaban J connectivity index is 1.71. The number of ether oxygens (including phenoxy) is 1. The average Bonchev–Trinajstić information content (AvgIpc) is 3.02. The summed E-state index contributed by atoms with van der Waals surface area (Å²) in [5.41, 5.74) is 1.99. The Bertz CT molecular complexity index is 805. The van der Waals surface area contributed by atoms with Crippen molar-refractivity contribution in [2.45, 2.75) is 19.4 Å². The van der Waals surface area contributed by atoms with Crippen molar-refractivity contribution in [1.29, 1.82) is 5.26 Å². The molecule has 27 heavy (non-hydrogen) atoms. The van der Waals surface area contributed by atoms with Crippen LogP contribution in [0.25, 0.3) is 0 Å². The lowest BCUT2D eigenvalue weighted by Gasteiger charge is -2.34. The van der Waals surface area contributed by atoms with Crippen molar-refractivity contribution in [3.05, 3.63) is 35.7 Å². The minimum Gasteiger partial charge on any atom is -0.442 e. The minimum atomic E-state index is -0.558. The maximum Gasteiger partial charge on any atom is 0.414 e. The van der Waals surface area contributed by atoms with Crippen molar-refractivity contribution in [3.63, 3.8) is 0 Å². The molecule has 7 nitrogen and oxygen atoms in total. The highest BCUT2D eigenvalue weighted by atomic mass is 19.1.